The Labute approximate surface area is 153 Å². The second kappa shape index (κ2) is 7.55. The third-order valence-electron chi connectivity index (χ3n) is 4.48. The number of rotatable bonds is 7. The molecule has 0 spiro atoms. The van der Waals surface area contributed by atoms with Gasteiger partial charge in [-0.25, -0.2) is 8.42 Å². The Balaban J connectivity index is 1.73. The predicted octanol–water partition coefficient (Wildman–Crippen LogP) is 1.19. The molecule has 3 heterocycles. The van der Waals surface area contributed by atoms with Crippen molar-refractivity contribution in [2.45, 2.75) is 39.4 Å². The fourth-order valence-corrected chi connectivity index (χ4v) is 4.53. The van der Waals surface area contributed by atoms with E-state index >= 15 is 0 Å². The first-order chi connectivity index (χ1) is 12.4. The molecule has 26 heavy (non-hydrogen) atoms. The van der Waals surface area contributed by atoms with Crippen LogP contribution in [0.4, 0.5) is 0 Å². The van der Waals surface area contributed by atoms with E-state index in [1.165, 1.54) is 4.31 Å². The quantitative estimate of drug-likeness (QED) is 0.782. The van der Waals surface area contributed by atoms with Crippen molar-refractivity contribution >= 4 is 15.9 Å². The highest BCUT2D eigenvalue weighted by Crippen LogP contribution is 2.28. The first-order valence-electron chi connectivity index (χ1n) is 8.62. The Hall–Kier alpha value is -2.26. The second-order valence-corrected chi connectivity index (χ2v) is 8.47. The first kappa shape index (κ1) is 18.5. The van der Waals surface area contributed by atoms with Gasteiger partial charge in [-0.2, -0.15) is 9.40 Å². The summed E-state index contributed by atoms with van der Waals surface area (Å²) in [5.74, 6) is -0.175. The van der Waals surface area contributed by atoms with E-state index in [0.29, 0.717) is 24.2 Å². The van der Waals surface area contributed by atoms with Gasteiger partial charge in [0.2, 0.25) is 10.0 Å². The zero-order valence-corrected chi connectivity index (χ0v) is 15.8. The van der Waals surface area contributed by atoms with Gasteiger partial charge < -0.3 is 5.32 Å². The molecule has 140 valence electrons. The summed E-state index contributed by atoms with van der Waals surface area (Å²) in [6.07, 6.45) is 4.81. The van der Waals surface area contributed by atoms with E-state index in [0.717, 1.165) is 17.7 Å². The number of fused-ring (bicyclic) bond motifs is 1. The number of carbonyl (C=O) groups is 1. The number of carbonyl (C=O) groups excluding carboxylic acids is 1. The maximum absolute atomic E-state index is 12.5. The van der Waals surface area contributed by atoms with E-state index in [2.05, 4.69) is 15.4 Å². The van der Waals surface area contributed by atoms with E-state index in [1.54, 1.807) is 30.2 Å². The number of aromatic nitrogens is 3. The zero-order chi connectivity index (χ0) is 18.7. The number of nitrogens with zero attached hydrogens (tertiary/aromatic N) is 4. The monoisotopic (exact) mass is 377 g/mol. The molecular formula is C17H23N5O3S. The molecule has 0 fully saturated rings. The zero-order valence-electron chi connectivity index (χ0n) is 15.0. The molecular weight excluding hydrogens is 354 g/mol. The van der Waals surface area contributed by atoms with Crippen LogP contribution in [0, 0.1) is 0 Å². The number of nitrogens with one attached hydrogen (secondary N) is 1. The minimum Gasteiger partial charge on any atom is -0.346 e. The molecule has 0 bridgehead atoms. The van der Waals surface area contributed by atoms with Gasteiger partial charge in [0.1, 0.15) is 0 Å². The SMILES string of the molecule is CCCCS(=O)(=O)N1Cc2c(C(=O)NCc3cccnc3)nn(C)c2C1. The van der Waals surface area contributed by atoms with Crippen LogP contribution in [0.15, 0.2) is 24.5 Å². The Morgan fingerprint density at radius 3 is 2.85 bits per heavy atom. The number of pyridine rings is 1. The molecule has 1 N–H and O–H groups in total. The minimum absolute atomic E-state index is 0.132. The molecule has 8 nitrogen and oxygen atoms in total. The van der Waals surface area contributed by atoms with Gasteiger partial charge in [-0.05, 0) is 18.1 Å². The topological polar surface area (TPSA) is 97.2 Å². The third-order valence-corrected chi connectivity index (χ3v) is 6.33. The molecule has 1 amide bonds. The van der Waals surface area contributed by atoms with Crippen molar-refractivity contribution in [3.63, 3.8) is 0 Å². The van der Waals surface area contributed by atoms with Gasteiger partial charge in [-0.1, -0.05) is 19.4 Å². The molecule has 2 aromatic heterocycles. The lowest BCUT2D eigenvalue weighted by molar-refractivity contribution is 0.0943. The highest BCUT2D eigenvalue weighted by molar-refractivity contribution is 7.89. The van der Waals surface area contributed by atoms with Crippen molar-refractivity contribution in [3.05, 3.63) is 47.0 Å². The maximum atomic E-state index is 12.5. The van der Waals surface area contributed by atoms with Crippen LogP contribution in [0.1, 0.15) is 47.1 Å². The molecule has 2 aromatic rings. The normalized spacial score (nSPS) is 14.4. The van der Waals surface area contributed by atoms with Gasteiger partial charge in [0.15, 0.2) is 5.69 Å². The van der Waals surface area contributed by atoms with Crippen LogP contribution in [0.3, 0.4) is 0 Å². The van der Waals surface area contributed by atoms with Crippen LogP contribution in [-0.2, 0) is 36.7 Å². The van der Waals surface area contributed by atoms with E-state index in [4.69, 9.17) is 0 Å². The first-order valence-corrected chi connectivity index (χ1v) is 10.2. The summed E-state index contributed by atoms with van der Waals surface area (Å²) in [6.45, 7) is 2.77. The summed E-state index contributed by atoms with van der Waals surface area (Å²) < 4.78 is 27.9. The van der Waals surface area contributed by atoms with Crippen LogP contribution in [-0.4, -0.2) is 39.1 Å². The Kier molecular flexibility index (Phi) is 5.38. The standard InChI is InChI=1S/C17H23N5O3S/c1-3-4-8-26(24,25)22-11-14-15(12-22)21(2)20-16(14)17(23)19-10-13-6-5-7-18-9-13/h5-7,9H,3-4,8,10-12H2,1-2H3,(H,19,23). The Bertz CT molecular complexity index is 893. The van der Waals surface area contributed by atoms with Crippen molar-refractivity contribution in [1.82, 2.24) is 24.4 Å². The molecule has 0 saturated carbocycles. The summed E-state index contributed by atoms with van der Waals surface area (Å²) in [5, 5.41) is 7.11. The van der Waals surface area contributed by atoms with Crippen molar-refractivity contribution in [3.8, 4) is 0 Å². The van der Waals surface area contributed by atoms with Crippen molar-refractivity contribution < 1.29 is 13.2 Å². The van der Waals surface area contributed by atoms with Gasteiger partial charge in [0.25, 0.3) is 5.91 Å². The van der Waals surface area contributed by atoms with Gasteiger partial charge >= 0.3 is 0 Å². The largest absolute Gasteiger partial charge is 0.346 e. The number of aryl methyl sites for hydroxylation is 1. The predicted molar refractivity (Wildman–Crippen MR) is 96.6 cm³/mol. The fourth-order valence-electron chi connectivity index (χ4n) is 2.97. The molecule has 1 aliphatic heterocycles. The third kappa shape index (κ3) is 3.78. The summed E-state index contributed by atoms with van der Waals surface area (Å²) >= 11 is 0. The average molecular weight is 377 g/mol. The highest BCUT2D eigenvalue weighted by Gasteiger charge is 2.35. The van der Waals surface area contributed by atoms with Gasteiger partial charge in [-0.15, -0.1) is 0 Å². The molecule has 0 saturated heterocycles. The molecule has 0 aromatic carbocycles. The summed E-state index contributed by atoms with van der Waals surface area (Å²) in [5.41, 5.74) is 2.64. The van der Waals surface area contributed by atoms with Crippen molar-refractivity contribution in [2.75, 3.05) is 5.75 Å². The minimum atomic E-state index is -3.32. The van der Waals surface area contributed by atoms with Crippen LogP contribution in [0.25, 0.3) is 0 Å². The van der Waals surface area contributed by atoms with Crippen LogP contribution in [0.5, 0.6) is 0 Å². The van der Waals surface area contributed by atoms with Crippen molar-refractivity contribution in [1.29, 1.82) is 0 Å². The Morgan fingerprint density at radius 1 is 1.35 bits per heavy atom. The summed E-state index contributed by atoms with van der Waals surface area (Å²) in [7, 11) is -1.59. The lowest BCUT2D eigenvalue weighted by atomic mass is 10.2. The van der Waals surface area contributed by atoms with E-state index in [-0.39, 0.29) is 24.7 Å². The van der Waals surface area contributed by atoms with Crippen LogP contribution in [0.2, 0.25) is 0 Å². The van der Waals surface area contributed by atoms with Gasteiger partial charge in [0.05, 0.1) is 18.0 Å². The molecule has 9 heteroatoms. The molecule has 0 aliphatic carbocycles. The second-order valence-electron chi connectivity index (χ2n) is 6.38. The maximum Gasteiger partial charge on any atom is 0.272 e. The molecule has 3 rings (SSSR count). The number of amides is 1. The van der Waals surface area contributed by atoms with E-state index in [9.17, 15) is 13.2 Å². The summed E-state index contributed by atoms with van der Waals surface area (Å²) in [6, 6.07) is 3.68. The molecule has 0 atom stereocenters. The average Bonchev–Trinajstić information content (AvgIpc) is 3.20. The van der Waals surface area contributed by atoms with Gasteiger partial charge in [0, 0.05) is 38.1 Å². The number of hydrogen-bond donors (Lipinski definition) is 1. The molecule has 1 aliphatic rings. The van der Waals surface area contributed by atoms with Gasteiger partial charge in [-0.3, -0.25) is 14.5 Å². The van der Waals surface area contributed by atoms with E-state index < -0.39 is 10.0 Å². The number of unbranched alkanes of at least 4 members (excludes halogenated alkanes) is 1. The fraction of sp³-hybridized carbons (Fsp3) is 0.471. The highest BCUT2D eigenvalue weighted by atomic mass is 32.2. The smallest absolute Gasteiger partial charge is 0.272 e. The van der Waals surface area contributed by atoms with Crippen LogP contribution < -0.4 is 5.32 Å². The molecule has 0 radical (unpaired) electrons. The van der Waals surface area contributed by atoms with Crippen molar-refractivity contribution in [2.24, 2.45) is 7.05 Å². The molecule has 0 unspecified atom stereocenters. The lowest BCUT2D eigenvalue weighted by Gasteiger charge is -2.16. The van der Waals surface area contributed by atoms with E-state index in [1.807, 2.05) is 13.0 Å². The van der Waals surface area contributed by atoms with Crippen LogP contribution >= 0.6 is 0 Å². The Morgan fingerprint density at radius 2 is 2.15 bits per heavy atom. The number of hydrogen-bond acceptors (Lipinski definition) is 5. The lowest BCUT2D eigenvalue weighted by Crippen LogP contribution is -2.30. The summed E-state index contributed by atoms with van der Waals surface area (Å²) in [4.78, 5) is 16.6. The number of sulfonamides is 1.